The van der Waals surface area contributed by atoms with Crippen molar-refractivity contribution in [1.29, 1.82) is 0 Å². The van der Waals surface area contributed by atoms with Gasteiger partial charge in [0, 0.05) is 12.0 Å². The van der Waals surface area contributed by atoms with Crippen LogP contribution in [0.25, 0.3) is 11.3 Å². The topological polar surface area (TPSA) is 52.1 Å². The smallest absolute Gasteiger partial charge is 0.342 e. The molecule has 0 atom stereocenters. The minimum atomic E-state index is -0.400. The summed E-state index contributed by atoms with van der Waals surface area (Å²) in [6, 6.07) is 9.61. The van der Waals surface area contributed by atoms with Crippen molar-refractivity contribution in [2.24, 2.45) is 0 Å². The molecular formula is C22H26N2O2. The normalized spacial score (nSPS) is 10.1. The van der Waals surface area contributed by atoms with E-state index in [0.717, 1.165) is 18.4 Å². The highest BCUT2D eigenvalue weighted by Crippen LogP contribution is 2.24. The number of benzene rings is 1. The standard InChI is InChI=1S/C22H26N2O2/c1-4-6-7-8-9-13-16-19-23-17(3)20(22(25)26-5-2)21(24-19)18-14-11-10-12-15-18/h10-12,14-15H,4-9H2,1-3H3. The first kappa shape index (κ1) is 19.7. The lowest BCUT2D eigenvalue weighted by Gasteiger charge is -2.11. The Morgan fingerprint density at radius 1 is 1.08 bits per heavy atom. The summed E-state index contributed by atoms with van der Waals surface area (Å²) >= 11 is 0. The zero-order chi connectivity index (χ0) is 18.8. The van der Waals surface area contributed by atoms with Crippen LogP contribution in [0.1, 0.15) is 67.8 Å². The second-order valence-corrected chi connectivity index (χ2v) is 6.06. The van der Waals surface area contributed by atoms with Crippen LogP contribution in [0.4, 0.5) is 0 Å². The highest BCUT2D eigenvalue weighted by Gasteiger charge is 2.20. The molecule has 1 aromatic carbocycles. The van der Waals surface area contributed by atoms with E-state index in [-0.39, 0.29) is 0 Å². The Morgan fingerprint density at radius 3 is 2.54 bits per heavy atom. The molecule has 1 aromatic heterocycles. The second kappa shape index (κ2) is 10.4. The summed E-state index contributed by atoms with van der Waals surface area (Å²) in [4.78, 5) is 21.4. The van der Waals surface area contributed by atoms with Crippen molar-refractivity contribution < 1.29 is 9.53 Å². The third-order valence-corrected chi connectivity index (χ3v) is 3.97. The molecule has 0 spiro atoms. The number of aryl methyl sites for hydroxylation is 1. The van der Waals surface area contributed by atoms with E-state index < -0.39 is 5.97 Å². The summed E-state index contributed by atoms with van der Waals surface area (Å²) in [7, 11) is 0. The molecule has 0 fully saturated rings. The number of esters is 1. The Morgan fingerprint density at radius 2 is 1.85 bits per heavy atom. The first-order chi connectivity index (χ1) is 12.7. The van der Waals surface area contributed by atoms with Gasteiger partial charge in [0.25, 0.3) is 0 Å². The van der Waals surface area contributed by atoms with Crippen LogP contribution in [0.15, 0.2) is 30.3 Å². The molecule has 0 aliphatic heterocycles. The fourth-order valence-corrected chi connectivity index (χ4v) is 2.66. The van der Waals surface area contributed by atoms with E-state index in [9.17, 15) is 4.79 Å². The van der Waals surface area contributed by atoms with Crippen LogP contribution >= 0.6 is 0 Å². The highest BCUT2D eigenvalue weighted by molar-refractivity contribution is 5.97. The molecule has 0 aliphatic carbocycles. The van der Waals surface area contributed by atoms with Crippen molar-refractivity contribution in [2.75, 3.05) is 6.61 Å². The van der Waals surface area contributed by atoms with Gasteiger partial charge in [0.05, 0.1) is 18.0 Å². The van der Waals surface area contributed by atoms with Gasteiger partial charge in [-0.25, -0.2) is 14.8 Å². The summed E-state index contributed by atoms with van der Waals surface area (Å²) in [6.45, 7) is 6.09. The Hall–Kier alpha value is -2.67. The number of carbonyl (C=O) groups is 1. The van der Waals surface area contributed by atoms with E-state index in [4.69, 9.17) is 4.74 Å². The van der Waals surface area contributed by atoms with Gasteiger partial charge < -0.3 is 4.74 Å². The SMILES string of the molecule is CCCCCCC#Cc1nc(C)c(C(=O)OCC)c(-c2ccccc2)n1. The second-order valence-electron chi connectivity index (χ2n) is 6.06. The van der Waals surface area contributed by atoms with E-state index in [1.54, 1.807) is 13.8 Å². The third kappa shape index (κ3) is 5.42. The number of hydrogen-bond acceptors (Lipinski definition) is 4. The van der Waals surface area contributed by atoms with Crippen molar-refractivity contribution >= 4 is 5.97 Å². The largest absolute Gasteiger partial charge is 0.462 e. The molecule has 0 radical (unpaired) electrons. The number of unbranched alkanes of at least 4 members (excludes halogenated alkanes) is 4. The molecule has 2 rings (SSSR count). The summed E-state index contributed by atoms with van der Waals surface area (Å²) in [6.07, 6.45) is 5.58. The number of hydrogen-bond donors (Lipinski definition) is 0. The van der Waals surface area contributed by atoms with Crippen LogP contribution in [0.2, 0.25) is 0 Å². The monoisotopic (exact) mass is 350 g/mol. The molecule has 0 unspecified atom stereocenters. The van der Waals surface area contributed by atoms with Crippen LogP contribution in [-0.2, 0) is 4.74 Å². The van der Waals surface area contributed by atoms with Gasteiger partial charge in [-0.2, -0.15) is 0 Å². The van der Waals surface area contributed by atoms with Gasteiger partial charge >= 0.3 is 5.97 Å². The number of rotatable bonds is 7. The fourth-order valence-electron chi connectivity index (χ4n) is 2.66. The summed E-state index contributed by atoms with van der Waals surface area (Å²) < 4.78 is 5.19. The molecule has 0 N–H and O–H groups in total. The van der Waals surface area contributed by atoms with E-state index in [1.165, 1.54) is 19.3 Å². The lowest BCUT2D eigenvalue weighted by molar-refractivity contribution is 0.0525. The Balaban J connectivity index is 2.34. The Bertz CT molecular complexity index is 789. The first-order valence-corrected chi connectivity index (χ1v) is 9.27. The van der Waals surface area contributed by atoms with Crippen molar-refractivity contribution in [3.63, 3.8) is 0 Å². The summed E-state index contributed by atoms with van der Waals surface area (Å²) in [5.41, 5.74) is 2.43. The van der Waals surface area contributed by atoms with E-state index in [1.807, 2.05) is 30.3 Å². The maximum Gasteiger partial charge on any atom is 0.342 e. The summed E-state index contributed by atoms with van der Waals surface area (Å²) in [5.74, 6) is 6.24. The predicted octanol–water partition coefficient (Wildman–Crippen LogP) is 4.95. The average molecular weight is 350 g/mol. The lowest BCUT2D eigenvalue weighted by atomic mass is 10.0. The first-order valence-electron chi connectivity index (χ1n) is 9.27. The van der Waals surface area contributed by atoms with Gasteiger partial charge in [-0.3, -0.25) is 0 Å². The van der Waals surface area contributed by atoms with Crippen LogP contribution in [0.5, 0.6) is 0 Å². The Labute approximate surface area is 156 Å². The molecule has 4 heteroatoms. The quantitative estimate of drug-likeness (QED) is 0.403. The van der Waals surface area contributed by atoms with Gasteiger partial charge in [0.15, 0.2) is 0 Å². The molecular weight excluding hydrogens is 324 g/mol. The van der Waals surface area contributed by atoms with Gasteiger partial charge in [-0.1, -0.05) is 62.4 Å². The van der Waals surface area contributed by atoms with Crippen LogP contribution < -0.4 is 0 Å². The zero-order valence-corrected chi connectivity index (χ0v) is 15.8. The molecule has 2 aromatic rings. The lowest BCUT2D eigenvalue weighted by Crippen LogP contribution is -2.12. The van der Waals surface area contributed by atoms with E-state index in [0.29, 0.717) is 29.4 Å². The van der Waals surface area contributed by atoms with Crippen molar-refractivity contribution in [3.8, 4) is 23.1 Å². The molecule has 0 amide bonds. The molecule has 0 aliphatic rings. The predicted molar refractivity (Wildman–Crippen MR) is 104 cm³/mol. The van der Waals surface area contributed by atoms with E-state index >= 15 is 0 Å². The molecule has 136 valence electrons. The minimum Gasteiger partial charge on any atom is -0.462 e. The molecule has 26 heavy (non-hydrogen) atoms. The minimum absolute atomic E-state index is 0.311. The molecule has 1 heterocycles. The third-order valence-electron chi connectivity index (χ3n) is 3.97. The number of ether oxygens (including phenoxy) is 1. The maximum absolute atomic E-state index is 12.4. The van der Waals surface area contributed by atoms with Crippen molar-refractivity contribution in [1.82, 2.24) is 9.97 Å². The number of nitrogens with zero attached hydrogens (tertiary/aromatic N) is 2. The van der Waals surface area contributed by atoms with Crippen LogP contribution in [-0.4, -0.2) is 22.5 Å². The molecule has 0 bridgehead atoms. The van der Waals surface area contributed by atoms with Crippen molar-refractivity contribution in [2.45, 2.75) is 52.9 Å². The maximum atomic E-state index is 12.4. The zero-order valence-electron chi connectivity index (χ0n) is 15.8. The molecule has 0 saturated heterocycles. The van der Waals surface area contributed by atoms with Crippen LogP contribution in [0, 0.1) is 18.8 Å². The van der Waals surface area contributed by atoms with Gasteiger partial charge in [-0.15, -0.1) is 0 Å². The van der Waals surface area contributed by atoms with Gasteiger partial charge in [0.2, 0.25) is 5.82 Å². The van der Waals surface area contributed by atoms with Gasteiger partial charge in [-0.05, 0) is 26.2 Å². The number of carbonyl (C=O) groups excluding carboxylic acids is 1. The average Bonchev–Trinajstić information content (AvgIpc) is 2.65. The van der Waals surface area contributed by atoms with Crippen LogP contribution in [0.3, 0.4) is 0 Å². The molecule has 0 saturated carbocycles. The van der Waals surface area contributed by atoms with Gasteiger partial charge in [0.1, 0.15) is 5.56 Å². The van der Waals surface area contributed by atoms with E-state index in [2.05, 4.69) is 28.7 Å². The fraction of sp³-hybridized carbons (Fsp3) is 0.409. The molecule has 4 nitrogen and oxygen atoms in total. The Kier molecular flexibility index (Phi) is 7.82. The van der Waals surface area contributed by atoms with Crippen molar-refractivity contribution in [3.05, 3.63) is 47.4 Å². The highest BCUT2D eigenvalue weighted by atomic mass is 16.5. The number of aromatic nitrogens is 2. The summed E-state index contributed by atoms with van der Waals surface area (Å²) in [5, 5.41) is 0.